The highest BCUT2D eigenvalue weighted by Gasteiger charge is 2.45. The lowest BCUT2D eigenvalue weighted by molar-refractivity contribution is -0.274. The van der Waals surface area contributed by atoms with Crippen molar-refractivity contribution in [2.45, 2.75) is 24.4 Å². The predicted molar refractivity (Wildman–Crippen MR) is 118 cm³/mol. The molecular weight excluding hydrogens is 462 g/mol. The lowest BCUT2D eigenvalue weighted by Gasteiger charge is -2.23. The molecule has 2 atom stereocenters. The Morgan fingerprint density at radius 1 is 1.06 bits per heavy atom. The highest BCUT2D eigenvalue weighted by atomic mass is 19.4. The van der Waals surface area contributed by atoms with Crippen LogP contribution in [0.2, 0.25) is 0 Å². The number of alkyl halides is 3. The number of ether oxygens (including phenoxy) is 1. The number of hydrogen-bond donors (Lipinski definition) is 1. The molecule has 35 heavy (non-hydrogen) atoms. The maximum Gasteiger partial charge on any atom is 0.573 e. The van der Waals surface area contributed by atoms with Gasteiger partial charge in [-0.2, -0.15) is 5.26 Å². The normalized spacial score (nSPS) is 19.3. The zero-order chi connectivity index (χ0) is 24.8. The molecule has 176 valence electrons. The molecule has 1 aromatic heterocycles. The Balaban J connectivity index is 1.46. The first kappa shape index (κ1) is 22.6. The Labute approximate surface area is 197 Å². The molecule has 0 unspecified atom stereocenters. The summed E-state index contributed by atoms with van der Waals surface area (Å²) in [5, 5.41) is 20.7. The molecule has 4 aromatic rings. The second kappa shape index (κ2) is 8.25. The number of aliphatic hydroxyl groups is 1. The molecule has 5 nitrogen and oxygen atoms in total. The zero-order valence-corrected chi connectivity index (χ0v) is 18.0. The molecule has 0 radical (unpaired) electrons. The molecular formula is C26H17F4N3O2. The van der Waals surface area contributed by atoms with Gasteiger partial charge in [-0.3, -0.25) is 0 Å². The van der Waals surface area contributed by atoms with E-state index in [1.54, 1.807) is 34.9 Å². The lowest BCUT2D eigenvalue weighted by Crippen LogP contribution is -2.24. The maximum atomic E-state index is 14.8. The van der Waals surface area contributed by atoms with Gasteiger partial charge >= 0.3 is 6.36 Å². The van der Waals surface area contributed by atoms with Crippen molar-refractivity contribution in [3.05, 3.63) is 107 Å². The SMILES string of the molecule is N#Cc1ccc([C@H]2C[C@](O)(c3ccc(-c4cccc(OC(F)(F)F)c4)cc3)c3cncn32)c(F)c1. The van der Waals surface area contributed by atoms with Gasteiger partial charge in [-0.05, 0) is 41.0 Å². The van der Waals surface area contributed by atoms with Crippen LogP contribution in [0.4, 0.5) is 17.6 Å². The summed E-state index contributed by atoms with van der Waals surface area (Å²) in [4.78, 5) is 4.13. The Kier molecular flexibility index (Phi) is 5.33. The molecule has 0 saturated heterocycles. The van der Waals surface area contributed by atoms with E-state index in [9.17, 15) is 22.7 Å². The summed E-state index contributed by atoms with van der Waals surface area (Å²) in [6.45, 7) is 0. The second-order valence-corrected chi connectivity index (χ2v) is 8.27. The number of aromatic nitrogens is 2. The van der Waals surface area contributed by atoms with Gasteiger partial charge in [0, 0.05) is 12.0 Å². The van der Waals surface area contributed by atoms with Crippen LogP contribution >= 0.6 is 0 Å². The molecule has 1 aliphatic heterocycles. The first-order valence-corrected chi connectivity index (χ1v) is 10.6. The van der Waals surface area contributed by atoms with Crippen molar-refractivity contribution in [2.24, 2.45) is 0 Å². The van der Waals surface area contributed by atoms with Crippen molar-refractivity contribution in [2.75, 3.05) is 0 Å². The van der Waals surface area contributed by atoms with Crippen LogP contribution in [0.1, 0.15) is 34.8 Å². The van der Waals surface area contributed by atoms with E-state index in [0.717, 1.165) is 6.07 Å². The fourth-order valence-corrected chi connectivity index (χ4v) is 4.56. The molecule has 0 amide bonds. The first-order chi connectivity index (χ1) is 16.7. The van der Waals surface area contributed by atoms with Crippen molar-refractivity contribution >= 4 is 0 Å². The van der Waals surface area contributed by atoms with Crippen molar-refractivity contribution in [1.82, 2.24) is 9.55 Å². The van der Waals surface area contributed by atoms with Gasteiger partial charge in [-0.1, -0.05) is 42.5 Å². The number of fused-ring (bicyclic) bond motifs is 1. The van der Waals surface area contributed by atoms with E-state index in [0.29, 0.717) is 27.9 Å². The summed E-state index contributed by atoms with van der Waals surface area (Å²) < 4.78 is 58.2. The van der Waals surface area contributed by atoms with Crippen molar-refractivity contribution < 1.29 is 27.4 Å². The minimum Gasteiger partial charge on any atom is -0.406 e. The molecule has 5 rings (SSSR count). The van der Waals surface area contributed by atoms with E-state index in [1.165, 1.54) is 42.9 Å². The van der Waals surface area contributed by atoms with Crippen LogP contribution < -0.4 is 4.74 Å². The number of benzene rings is 3. The van der Waals surface area contributed by atoms with Crippen molar-refractivity contribution in [3.8, 4) is 22.9 Å². The molecule has 1 N–H and O–H groups in total. The van der Waals surface area contributed by atoms with Gasteiger partial charge in [0.05, 0.1) is 35.9 Å². The van der Waals surface area contributed by atoms with Gasteiger partial charge in [0.15, 0.2) is 0 Å². The molecule has 3 aromatic carbocycles. The molecule has 2 heterocycles. The summed E-state index contributed by atoms with van der Waals surface area (Å²) in [6.07, 6.45) is -1.60. The van der Waals surface area contributed by atoms with E-state index in [-0.39, 0.29) is 17.7 Å². The van der Waals surface area contributed by atoms with Crippen LogP contribution in [0.15, 0.2) is 79.3 Å². The van der Waals surface area contributed by atoms with Gasteiger partial charge in [0.1, 0.15) is 17.2 Å². The monoisotopic (exact) mass is 479 g/mol. The summed E-state index contributed by atoms with van der Waals surface area (Å²) in [6, 6.07) is 17.9. The minimum atomic E-state index is -4.79. The molecule has 1 aliphatic rings. The van der Waals surface area contributed by atoms with Crippen molar-refractivity contribution in [1.29, 1.82) is 5.26 Å². The van der Waals surface area contributed by atoms with Crippen LogP contribution in [0.5, 0.6) is 5.75 Å². The standard InChI is InChI=1S/C26H17F4N3O2/c27-22-10-16(13-31)4-9-21(22)23-12-25(34,24-14-32-15-33(23)24)19-7-5-17(6-8-19)18-2-1-3-20(11-18)35-26(28,29)30/h1-11,14-15,23,34H,12H2/t23-,25+/m1/s1. The summed E-state index contributed by atoms with van der Waals surface area (Å²) in [5.74, 6) is -0.876. The molecule has 0 fully saturated rings. The molecule has 0 spiro atoms. The number of nitrogens with zero attached hydrogens (tertiary/aromatic N) is 3. The van der Waals surface area contributed by atoms with E-state index >= 15 is 0 Å². The third-order valence-electron chi connectivity index (χ3n) is 6.17. The Hall–Kier alpha value is -4.16. The zero-order valence-electron chi connectivity index (χ0n) is 18.0. The lowest BCUT2D eigenvalue weighted by atomic mass is 9.86. The van der Waals surface area contributed by atoms with E-state index in [1.807, 2.05) is 6.07 Å². The van der Waals surface area contributed by atoms with Crippen LogP contribution in [0.25, 0.3) is 11.1 Å². The first-order valence-electron chi connectivity index (χ1n) is 10.6. The highest BCUT2D eigenvalue weighted by Crippen LogP contribution is 2.47. The predicted octanol–water partition coefficient (Wildman–Crippen LogP) is 5.69. The second-order valence-electron chi connectivity index (χ2n) is 8.27. The van der Waals surface area contributed by atoms with Crippen LogP contribution in [0.3, 0.4) is 0 Å². The average Bonchev–Trinajstić information content (AvgIpc) is 3.42. The van der Waals surface area contributed by atoms with Gasteiger partial charge < -0.3 is 14.4 Å². The van der Waals surface area contributed by atoms with Crippen LogP contribution in [-0.4, -0.2) is 21.0 Å². The smallest absolute Gasteiger partial charge is 0.406 e. The number of rotatable bonds is 4. The van der Waals surface area contributed by atoms with E-state index in [4.69, 9.17) is 5.26 Å². The molecule has 0 aliphatic carbocycles. The highest BCUT2D eigenvalue weighted by molar-refractivity contribution is 5.65. The van der Waals surface area contributed by atoms with E-state index < -0.39 is 23.8 Å². The largest absolute Gasteiger partial charge is 0.573 e. The fraction of sp³-hybridized carbons (Fsp3) is 0.154. The van der Waals surface area contributed by atoms with Gasteiger partial charge in [-0.25, -0.2) is 9.37 Å². The summed E-state index contributed by atoms with van der Waals surface area (Å²) in [5.41, 5.74) is 1.22. The molecule has 0 saturated carbocycles. The summed E-state index contributed by atoms with van der Waals surface area (Å²) >= 11 is 0. The molecule has 0 bridgehead atoms. The Bertz CT molecular complexity index is 1440. The maximum absolute atomic E-state index is 14.8. The van der Waals surface area contributed by atoms with Crippen LogP contribution in [-0.2, 0) is 5.60 Å². The quantitative estimate of drug-likeness (QED) is 0.382. The number of imidazole rings is 1. The van der Waals surface area contributed by atoms with Crippen molar-refractivity contribution in [3.63, 3.8) is 0 Å². The van der Waals surface area contributed by atoms with Gasteiger partial charge in [0.2, 0.25) is 0 Å². The topological polar surface area (TPSA) is 71.1 Å². The third-order valence-corrected chi connectivity index (χ3v) is 6.17. The van der Waals surface area contributed by atoms with Gasteiger partial charge in [0.25, 0.3) is 0 Å². The van der Waals surface area contributed by atoms with Crippen LogP contribution in [0, 0.1) is 17.1 Å². The summed E-state index contributed by atoms with van der Waals surface area (Å²) in [7, 11) is 0. The van der Waals surface area contributed by atoms with Gasteiger partial charge in [-0.15, -0.1) is 13.2 Å². The Morgan fingerprint density at radius 3 is 2.51 bits per heavy atom. The fourth-order valence-electron chi connectivity index (χ4n) is 4.56. The number of nitriles is 1. The number of halogens is 4. The average molecular weight is 479 g/mol. The number of hydrogen-bond acceptors (Lipinski definition) is 4. The minimum absolute atomic E-state index is 0.141. The Morgan fingerprint density at radius 2 is 1.83 bits per heavy atom. The van der Waals surface area contributed by atoms with E-state index in [2.05, 4.69) is 9.72 Å². The third kappa shape index (κ3) is 4.13. The molecule has 9 heteroatoms.